The van der Waals surface area contributed by atoms with E-state index in [2.05, 4.69) is 5.32 Å². The zero-order valence-electron chi connectivity index (χ0n) is 24.7. The molecule has 1 aliphatic rings. The van der Waals surface area contributed by atoms with Crippen LogP contribution in [0.1, 0.15) is 36.8 Å². The second-order valence-corrected chi connectivity index (χ2v) is 13.8. The first-order chi connectivity index (χ1) is 21.7. The SMILES string of the molecule is O=C(NC1CCCC1)[C@H](Cc1ccccc1)N(Cc1ccc(Cl)c(Cl)c1)C(=O)CN(c1ccccc1)S(=O)(=O)c1ccccc1. The van der Waals surface area contributed by atoms with E-state index in [1.165, 1.54) is 17.0 Å². The van der Waals surface area contributed by atoms with E-state index >= 15 is 0 Å². The van der Waals surface area contributed by atoms with E-state index < -0.39 is 28.5 Å². The molecule has 2 amide bonds. The maximum atomic E-state index is 14.5. The number of nitrogens with one attached hydrogen (secondary N) is 1. The minimum atomic E-state index is -4.14. The number of rotatable bonds is 12. The fraction of sp³-hybridized carbons (Fsp3) is 0.257. The summed E-state index contributed by atoms with van der Waals surface area (Å²) < 4.78 is 29.1. The highest BCUT2D eigenvalue weighted by molar-refractivity contribution is 7.92. The molecular formula is C35H35Cl2N3O4S. The third-order valence-electron chi connectivity index (χ3n) is 7.96. The summed E-state index contributed by atoms with van der Waals surface area (Å²) in [6.07, 6.45) is 4.06. The summed E-state index contributed by atoms with van der Waals surface area (Å²) in [4.78, 5) is 30.1. The van der Waals surface area contributed by atoms with Crippen molar-refractivity contribution in [2.45, 2.75) is 55.6 Å². The van der Waals surface area contributed by atoms with Gasteiger partial charge in [-0.25, -0.2) is 8.42 Å². The molecule has 7 nitrogen and oxygen atoms in total. The quantitative estimate of drug-likeness (QED) is 0.179. The maximum Gasteiger partial charge on any atom is 0.264 e. The van der Waals surface area contributed by atoms with Crippen molar-refractivity contribution in [3.63, 3.8) is 0 Å². The molecule has 1 N–H and O–H groups in total. The third kappa shape index (κ3) is 8.25. The Labute approximate surface area is 274 Å². The van der Waals surface area contributed by atoms with Crippen LogP contribution < -0.4 is 9.62 Å². The van der Waals surface area contributed by atoms with Gasteiger partial charge in [-0.05, 0) is 60.4 Å². The van der Waals surface area contributed by atoms with Gasteiger partial charge in [-0.3, -0.25) is 13.9 Å². The van der Waals surface area contributed by atoms with Gasteiger partial charge in [-0.1, -0.05) is 109 Å². The molecule has 0 heterocycles. The number of sulfonamides is 1. The zero-order valence-corrected chi connectivity index (χ0v) is 27.0. The first-order valence-electron chi connectivity index (χ1n) is 14.9. The third-order valence-corrected chi connectivity index (χ3v) is 10.5. The molecule has 10 heteroatoms. The monoisotopic (exact) mass is 663 g/mol. The number of amides is 2. The number of hydrogen-bond acceptors (Lipinski definition) is 4. The molecule has 5 rings (SSSR count). The van der Waals surface area contributed by atoms with Crippen molar-refractivity contribution in [3.05, 3.63) is 130 Å². The van der Waals surface area contributed by atoms with Crippen LogP contribution >= 0.6 is 23.2 Å². The first-order valence-corrected chi connectivity index (χ1v) is 17.1. The van der Waals surface area contributed by atoms with E-state index in [4.69, 9.17) is 23.2 Å². The van der Waals surface area contributed by atoms with Crippen molar-refractivity contribution >= 4 is 50.7 Å². The normalized spacial score (nSPS) is 14.1. The Hall–Kier alpha value is -3.85. The van der Waals surface area contributed by atoms with Crippen molar-refractivity contribution in [1.82, 2.24) is 10.2 Å². The number of halogens is 2. The largest absolute Gasteiger partial charge is 0.352 e. The lowest BCUT2D eigenvalue weighted by Gasteiger charge is -2.34. The van der Waals surface area contributed by atoms with E-state index in [9.17, 15) is 18.0 Å². The molecule has 4 aromatic rings. The Morgan fingerprint density at radius 3 is 2.00 bits per heavy atom. The molecule has 0 saturated heterocycles. The fourth-order valence-electron chi connectivity index (χ4n) is 5.60. The average molecular weight is 665 g/mol. The van der Waals surface area contributed by atoms with Crippen molar-refractivity contribution in [2.75, 3.05) is 10.8 Å². The van der Waals surface area contributed by atoms with Crippen LogP contribution in [0.15, 0.2) is 114 Å². The molecule has 1 atom stereocenters. The van der Waals surface area contributed by atoms with Crippen LogP contribution in [0, 0.1) is 0 Å². The molecule has 0 bridgehead atoms. The van der Waals surface area contributed by atoms with Gasteiger partial charge in [0.2, 0.25) is 11.8 Å². The van der Waals surface area contributed by atoms with Crippen molar-refractivity contribution in [1.29, 1.82) is 0 Å². The Balaban J connectivity index is 1.56. The lowest BCUT2D eigenvalue weighted by molar-refractivity contribution is -0.140. The summed E-state index contributed by atoms with van der Waals surface area (Å²) in [7, 11) is -4.14. The second-order valence-electron chi connectivity index (χ2n) is 11.1. The number of carbonyl (C=O) groups is 2. The number of nitrogens with zero attached hydrogens (tertiary/aromatic N) is 2. The molecule has 234 valence electrons. The Bertz CT molecular complexity index is 1700. The van der Waals surface area contributed by atoms with Gasteiger partial charge in [0.15, 0.2) is 0 Å². The van der Waals surface area contributed by atoms with Gasteiger partial charge >= 0.3 is 0 Å². The topological polar surface area (TPSA) is 86.8 Å². The Morgan fingerprint density at radius 2 is 1.38 bits per heavy atom. The molecule has 0 unspecified atom stereocenters. The highest BCUT2D eigenvalue weighted by atomic mass is 35.5. The lowest BCUT2D eigenvalue weighted by atomic mass is 10.0. The van der Waals surface area contributed by atoms with Gasteiger partial charge in [-0.2, -0.15) is 0 Å². The van der Waals surface area contributed by atoms with Crippen LogP contribution in [-0.2, 0) is 32.6 Å². The van der Waals surface area contributed by atoms with Crippen LogP contribution in [0.2, 0.25) is 10.0 Å². The van der Waals surface area contributed by atoms with Crippen molar-refractivity contribution in [3.8, 4) is 0 Å². The Kier molecular flexibility index (Phi) is 10.8. The van der Waals surface area contributed by atoms with Crippen LogP contribution in [0.3, 0.4) is 0 Å². The summed E-state index contributed by atoms with van der Waals surface area (Å²) in [6, 6.07) is 30.1. The van der Waals surface area contributed by atoms with Gasteiger partial charge < -0.3 is 10.2 Å². The van der Waals surface area contributed by atoms with Crippen LogP contribution in [-0.4, -0.2) is 43.8 Å². The fourth-order valence-corrected chi connectivity index (χ4v) is 7.35. The van der Waals surface area contributed by atoms with Gasteiger partial charge in [-0.15, -0.1) is 0 Å². The molecule has 4 aromatic carbocycles. The molecular weight excluding hydrogens is 629 g/mol. The van der Waals surface area contributed by atoms with E-state index in [-0.39, 0.29) is 29.8 Å². The summed E-state index contributed by atoms with van der Waals surface area (Å²) in [5, 5.41) is 3.85. The first kappa shape index (κ1) is 32.5. The van der Waals surface area contributed by atoms with Crippen LogP contribution in [0.5, 0.6) is 0 Å². The van der Waals surface area contributed by atoms with Crippen molar-refractivity contribution in [2.24, 2.45) is 0 Å². The lowest BCUT2D eigenvalue weighted by Crippen LogP contribution is -2.54. The minimum absolute atomic E-state index is 0.0132. The van der Waals surface area contributed by atoms with Crippen LogP contribution in [0.4, 0.5) is 5.69 Å². The molecule has 0 radical (unpaired) electrons. The van der Waals surface area contributed by atoms with Crippen LogP contribution in [0.25, 0.3) is 0 Å². The molecule has 1 saturated carbocycles. The zero-order chi connectivity index (χ0) is 31.8. The smallest absolute Gasteiger partial charge is 0.264 e. The number of benzene rings is 4. The molecule has 0 aromatic heterocycles. The predicted octanol–water partition coefficient (Wildman–Crippen LogP) is 6.89. The molecule has 0 spiro atoms. The second kappa shape index (κ2) is 15.0. The van der Waals surface area contributed by atoms with E-state index in [0.717, 1.165) is 35.6 Å². The van der Waals surface area contributed by atoms with E-state index in [1.807, 2.05) is 30.3 Å². The summed E-state index contributed by atoms with van der Waals surface area (Å²) in [5.74, 6) is -0.816. The highest BCUT2D eigenvalue weighted by Crippen LogP contribution is 2.27. The predicted molar refractivity (Wildman–Crippen MR) is 179 cm³/mol. The van der Waals surface area contributed by atoms with E-state index in [0.29, 0.717) is 21.3 Å². The number of carbonyl (C=O) groups excluding carboxylic acids is 2. The molecule has 1 aliphatic carbocycles. The van der Waals surface area contributed by atoms with Gasteiger partial charge in [0.05, 0.1) is 20.6 Å². The van der Waals surface area contributed by atoms with Gasteiger partial charge in [0.25, 0.3) is 10.0 Å². The highest BCUT2D eigenvalue weighted by Gasteiger charge is 2.35. The molecule has 1 fully saturated rings. The van der Waals surface area contributed by atoms with Gasteiger partial charge in [0.1, 0.15) is 12.6 Å². The number of para-hydroxylation sites is 1. The summed E-state index contributed by atoms with van der Waals surface area (Å²) in [5.41, 5.74) is 1.86. The minimum Gasteiger partial charge on any atom is -0.352 e. The van der Waals surface area contributed by atoms with E-state index in [1.54, 1.807) is 66.7 Å². The van der Waals surface area contributed by atoms with Gasteiger partial charge in [0, 0.05) is 19.0 Å². The summed E-state index contributed by atoms with van der Waals surface area (Å²) in [6.45, 7) is -0.510. The number of anilines is 1. The standard InChI is InChI=1S/C35H35Cl2N3O4S/c36-31-21-20-27(22-32(31)37)24-39(33(23-26-12-4-1-5-13-26)35(42)38-28-14-10-11-15-28)34(41)25-40(29-16-6-2-7-17-29)45(43,44)30-18-8-3-9-19-30/h1-9,12-13,16-22,28,33H,10-11,14-15,23-25H2,(H,38,42)/t33-/m0/s1. The Morgan fingerprint density at radius 1 is 0.778 bits per heavy atom. The average Bonchev–Trinajstić information content (AvgIpc) is 3.57. The van der Waals surface area contributed by atoms with Crippen molar-refractivity contribution < 1.29 is 18.0 Å². The summed E-state index contributed by atoms with van der Waals surface area (Å²) >= 11 is 12.5. The molecule has 0 aliphatic heterocycles. The maximum absolute atomic E-state index is 14.5. The molecule has 45 heavy (non-hydrogen) atoms. The number of hydrogen-bond donors (Lipinski definition) is 1.